The van der Waals surface area contributed by atoms with E-state index in [0.717, 1.165) is 15.6 Å². The number of hydrogen-bond donors (Lipinski definition) is 2. The Balaban J connectivity index is 1.91. The average molecular weight is 347 g/mol. The molecule has 2 rings (SSSR count). The summed E-state index contributed by atoms with van der Waals surface area (Å²) < 4.78 is 1.00. The second-order valence-electron chi connectivity index (χ2n) is 5.06. The molecule has 0 aliphatic heterocycles. The normalized spacial score (nSPS) is 13.5. The summed E-state index contributed by atoms with van der Waals surface area (Å²) in [5.74, 6) is -0.0400. The van der Waals surface area contributed by atoms with Crippen molar-refractivity contribution >= 4 is 21.8 Å². The summed E-state index contributed by atoms with van der Waals surface area (Å²) >= 11 is 3.38. The number of carbonyl (C=O) groups excluding carboxylic acids is 1. The Bertz CT molecular complexity index is 583. The number of hydrogen-bond acceptors (Lipinski definition) is 2. The van der Waals surface area contributed by atoms with Crippen LogP contribution >= 0.6 is 15.9 Å². The number of amides is 1. The summed E-state index contributed by atoms with van der Waals surface area (Å²) in [6, 6.07) is 17.3. The first kappa shape index (κ1) is 15.7. The monoisotopic (exact) mass is 346 g/mol. The molecule has 0 saturated heterocycles. The molecule has 0 fully saturated rings. The van der Waals surface area contributed by atoms with Crippen molar-refractivity contribution in [3.63, 3.8) is 0 Å². The Morgan fingerprint density at radius 3 is 2.33 bits per heavy atom. The summed E-state index contributed by atoms with van der Waals surface area (Å²) in [6.07, 6.45) is 0.277. The maximum Gasteiger partial charge on any atom is 0.222 e. The molecular formula is C17H19BrN2O. The molecule has 2 atom stereocenters. The molecule has 0 spiro atoms. The SMILES string of the molecule is C[C@H](NC(=O)C[C@@H](N)c1ccc(Br)cc1)c1ccccc1. The second-order valence-corrected chi connectivity index (χ2v) is 5.98. The van der Waals surface area contributed by atoms with Crippen LogP contribution in [0.2, 0.25) is 0 Å². The van der Waals surface area contributed by atoms with Crippen LogP contribution in [0.4, 0.5) is 0 Å². The van der Waals surface area contributed by atoms with Crippen molar-refractivity contribution in [1.29, 1.82) is 0 Å². The topological polar surface area (TPSA) is 55.1 Å². The van der Waals surface area contributed by atoms with Crippen LogP contribution in [-0.4, -0.2) is 5.91 Å². The van der Waals surface area contributed by atoms with E-state index >= 15 is 0 Å². The van der Waals surface area contributed by atoms with Gasteiger partial charge in [0.1, 0.15) is 0 Å². The van der Waals surface area contributed by atoms with Crippen molar-refractivity contribution in [2.75, 3.05) is 0 Å². The van der Waals surface area contributed by atoms with Gasteiger partial charge >= 0.3 is 0 Å². The highest BCUT2D eigenvalue weighted by molar-refractivity contribution is 9.10. The Hall–Kier alpha value is -1.65. The molecule has 0 aromatic heterocycles. The molecule has 1 amide bonds. The van der Waals surface area contributed by atoms with Crippen LogP contribution in [-0.2, 0) is 4.79 Å². The van der Waals surface area contributed by atoms with E-state index in [0.29, 0.717) is 0 Å². The van der Waals surface area contributed by atoms with Gasteiger partial charge in [-0.2, -0.15) is 0 Å². The predicted octanol–water partition coefficient (Wildman–Crippen LogP) is 3.72. The number of rotatable bonds is 5. The molecule has 0 unspecified atom stereocenters. The van der Waals surface area contributed by atoms with Crippen LogP contribution in [0.5, 0.6) is 0 Å². The van der Waals surface area contributed by atoms with Crippen molar-refractivity contribution in [2.24, 2.45) is 5.73 Å². The minimum Gasteiger partial charge on any atom is -0.350 e. The number of carbonyl (C=O) groups is 1. The lowest BCUT2D eigenvalue weighted by Crippen LogP contribution is -2.29. The van der Waals surface area contributed by atoms with E-state index in [4.69, 9.17) is 5.73 Å². The van der Waals surface area contributed by atoms with E-state index in [-0.39, 0.29) is 24.4 Å². The first-order valence-electron chi connectivity index (χ1n) is 6.91. The third-order valence-electron chi connectivity index (χ3n) is 3.38. The summed E-state index contributed by atoms with van der Waals surface area (Å²) in [5, 5.41) is 2.98. The molecule has 3 nitrogen and oxygen atoms in total. The van der Waals surface area contributed by atoms with Gasteiger partial charge in [-0.05, 0) is 30.2 Å². The first-order valence-corrected chi connectivity index (χ1v) is 7.71. The molecule has 2 aromatic rings. The lowest BCUT2D eigenvalue weighted by Gasteiger charge is -2.17. The average Bonchev–Trinajstić information content (AvgIpc) is 2.48. The third kappa shape index (κ3) is 4.69. The standard InChI is InChI=1S/C17H19BrN2O/c1-12(13-5-3-2-4-6-13)20-17(21)11-16(19)14-7-9-15(18)10-8-14/h2-10,12,16H,11,19H2,1H3,(H,20,21)/t12-,16+/m0/s1. The Labute approximate surface area is 133 Å². The van der Waals surface area contributed by atoms with Crippen molar-refractivity contribution in [2.45, 2.75) is 25.4 Å². The van der Waals surface area contributed by atoms with E-state index in [9.17, 15) is 4.79 Å². The molecule has 0 aliphatic carbocycles. The van der Waals surface area contributed by atoms with Crippen LogP contribution in [0.15, 0.2) is 59.1 Å². The van der Waals surface area contributed by atoms with Crippen molar-refractivity contribution in [1.82, 2.24) is 5.32 Å². The van der Waals surface area contributed by atoms with Crippen LogP contribution in [0.1, 0.15) is 36.6 Å². The molecule has 110 valence electrons. The van der Waals surface area contributed by atoms with Crippen molar-refractivity contribution < 1.29 is 4.79 Å². The first-order chi connectivity index (χ1) is 10.1. The zero-order valence-corrected chi connectivity index (χ0v) is 13.5. The lowest BCUT2D eigenvalue weighted by molar-refractivity contribution is -0.122. The summed E-state index contributed by atoms with van der Waals surface area (Å²) in [7, 11) is 0. The highest BCUT2D eigenvalue weighted by Crippen LogP contribution is 2.18. The van der Waals surface area contributed by atoms with Crippen LogP contribution in [0.3, 0.4) is 0 Å². The van der Waals surface area contributed by atoms with E-state index < -0.39 is 0 Å². The van der Waals surface area contributed by atoms with Gasteiger partial charge < -0.3 is 11.1 Å². The minimum absolute atomic E-state index is 0.0178. The Morgan fingerprint density at radius 1 is 1.10 bits per heavy atom. The van der Waals surface area contributed by atoms with Gasteiger partial charge in [-0.25, -0.2) is 0 Å². The smallest absolute Gasteiger partial charge is 0.222 e. The molecule has 0 radical (unpaired) electrons. The van der Waals surface area contributed by atoms with Gasteiger partial charge in [0.2, 0.25) is 5.91 Å². The molecule has 0 bridgehead atoms. The maximum absolute atomic E-state index is 12.1. The van der Waals surface area contributed by atoms with Gasteiger partial charge in [0.25, 0.3) is 0 Å². The number of benzene rings is 2. The molecule has 3 N–H and O–H groups in total. The number of nitrogens with two attached hydrogens (primary N) is 1. The van der Waals surface area contributed by atoms with Crippen molar-refractivity contribution in [3.05, 3.63) is 70.2 Å². The number of halogens is 1. The molecule has 21 heavy (non-hydrogen) atoms. The van der Waals surface area contributed by atoms with Crippen LogP contribution in [0, 0.1) is 0 Å². The summed E-state index contributed by atoms with van der Waals surface area (Å²) in [4.78, 5) is 12.1. The zero-order valence-electron chi connectivity index (χ0n) is 11.9. The summed E-state index contributed by atoms with van der Waals surface area (Å²) in [5.41, 5.74) is 8.13. The van der Waals surface area contributed by atoms with E-state index in [1.807, 2.05) is 61.5 Å². The molecule has 0 saturated carbocycles. The molecule has 0 heterocycles. The Kier molecular flexibility index (Phi) is 5.53. The van der Waals surface area contributed by atoms with E-state index in [1.54, 1.807) is 0 Å². The molecule has 4 heteroatoms. The second kappa shape index (κ2) is 7.38. The summed E-state index contributed by atoms with van der Waals surface area (Å²) in [6.45, 7) is 1.97. The van der Waals surface area contributed by atoms with Gasteiger partial charge in [0, 0.05) is 16.9 Å². The highest BCUT2D eigenvalue weighted by Gasteiger charge is 2.14. The van der Waals surface area contributed by atoms with Crippen LogP contribution in [0.25, 0.3) is 0 Å². The third-order valence-corrected chi connectivity index (χ3v) is 3.91. The van der Waals surface area contributed by atoms with E-state index in [2.05, 4.69) is 21.2 Å². The van der Waals surface area contributed by atoms with Gasteiger partial charge in [-0.15, -0.1) is 0 Å². The highest BCUT2D eigenvalue weighted by atomic mass is 79.9. The fourth-order valence-corrected chi connectivity index (χ4v) is 2.42. The largest absolute Gasteiger partial charge is 0.350 e. The predicted molar refractivity (Wildman–Crippen MR) is 88.7 cm³/mol. The molecular weight excluding hydrogens is 328 g/mol. The fourth-order valence-electron chi connectivity index (χ4n) is 2.15. The Morgan fingerprint density at radius 2 is 1.71 bits per heavy atom. The fraction of sp³-hybridized carbons (Fsp3) is 0.235. The molecule has 0 aliphatic rings. The molecule has 2 aromatic carbocycles. The van der Waals surface area contributed by atoms with Gasteiger partial charge in [0.15, 0.2) is 0 Å². The quantitative estimate of drug-likeness (QED) is 0.866. The van der Waals surface area contributed by atoms with Crippen LogP contribution < -0.4 is 11.1 Å². The van der Waals surface area contributed by atoms with Gasteiger partial charge in [-0.1, -0.05) is 58.4 Å². The number of nitrogens with one attached hydrogen (secondary N) is 1. The lowest BCUT2D eigenvalue weighted by atomic mass is 10.0. The minimum atomic E-state index is -0.291. The van der Waals surface area contributed by atoms with E-state index in [1.165, 1.54) is 0 Å². The maximum atomic E-state index is 12.1. The van der Waals surface area contributed by atoms with Gasteiger partial charge in [-0.3, -0.25) is 4.79 Å². The van der Waals surface area contributed by atoms with Crippen molar-refractivity contribution in [3.8, 4) is 0 Å². The zero-order chi connectivity index (χ0) is 15.2. The van der Waals surface area contributed by atoms with Gasteiger partial charge in [0.05, 0.1) is 6.04 Å².